The first kappa shape index (κ1) is 17.8. The van der Waals surface area contributed by atoms with Gasteiger partial charge in [-0.05, 0) is 15.9 Å². The van der Waals surface area contributed by atoms with Crippen LogP contribution >= 0.6 is 15.9 Å². The summed E-state index contributed by atoms with van der Waals surface area (Å²) < 4.78 is 20.1. The molecule has 0 saturated carbocycles. The third-order valence-electron chi connectivity index (χ3n) is 2.61. The second-order valence-corrected chi connectivity index (χ2v) is 4.74. The minimum Gasteiger partial charge on any atom is -0.493 e. The number of nitrogens with one attached hydrogen (secondary N) is 1. The number of rotatable bonds is 6. The van der Waals surface area contributed by atoms with E-state index in [0.717, 1.165) is 6.08 Å². The summed E-state index contributed by atoms with van der Waals surface area (Å²) in [7, 11) is 5.41. The topological polar surface area (TPSA) is 83.1 Å². The largest absolute Gasteiger partial charge is 0.493 e. The van der Waals surface area contributed by atoms with E-state index in [1.807, 2.05) is 0 Å². The molecule has 0 aliphatic carbocycles. The van der Waals surface area contributed by atoms with Crippen molar-refractivity contribution >= 4 is 33.6 Å². The van der Waals surface area contributed by atoms with Gasteiger partial charge < -0.3 is 24.3 Å². The molecule has 8 heteroatoms. The molecule has 0 spiro atoms. The first-order chi connectivity index (χ1) is 10.5. The number of hydrogen-bond acceptors (Lipinski definition) is 7. The van der Waals surface area contributed by atoms with Crippen LogP contribution in [0.3, 0.4) is 0 Å². The van der Waals surface area contributed by atoms with Crippen LogP contribution in [-0.2, 0) is 19.1 Å². The molecule has 0 atom stereocenters. The van der Waals surface area contributed by atoms with Gasteiger partial charge in [0.2, 0.25) is 0 Å². The Morgan fingerprint density at radius 3 is 2.14 bits per heavy atom. The molecule has 1 aromatic rings. The van der Waals surface area contributed by atoms with Crippen molar-refractivity contribution in [1.29, 1.82) is 0 Å². The van der Waals surface area contributed by atoms with Crippen molar-refractivity contribution in [1.82, 2.24) is 0 Å². The van der Waals surface area contributed by atoms with E-state index in [0.29, 0.717) is 21.7 Å². The lowest BCUT2D eigenvalue weighted by Gasteiger charge is -2.14. The molecule has 0 amide bonds. The number of anilines is 1. The second-order valence-electron chi connectivity index (χ2n) is 3.88. The van der Waals surface area contributed by atoms with Crippen LogP contribution in [0.2, 0.25) is 0 Å². The molecule has 120 valence electrons. The number of methoxy groups -OCH3 is 4. The van der Waals surface area contributed by atoms with E-state index in [4.69, 9.17) is 9.47 Å². The lowest BCUT2D eigenvalue weighted by Crippen LogP contribution is -2.15. The highest BCUT2D eigenvalue weighted by atomic mass is 79.9. The van der Waals surface area contributed by atoms with E-state index >= 15 is 0 Å². The van der Waals surface area contributed by atoms with Gasteiger partial charge in [-0.3, -0.25) is 0 Å². The van der Waals surface area contributed by atoms with Crippen LogP contribution in [-0.4, -0.2) is 40.4 Å². The van der Waals surface area contributed by atoms with Gasteiger partial charge in [0.25, 0.3) is 0 Å². The zero-order valence-electron chi connectivity index (χ0n) is 12.6. The standard InChI is InChI=1S/C14H16BrNO6/c1-19-11-5-8(15)9(6-12(11)20-2)16-10(14(18)22-4)7-13(17)21-3/h5-7,16H,1-4H3/b10-7+. The molecule has 22 heavy (non-hydrogen) atoms. The smallest absolute Gasteiger partial charge is 0.354 e. The summed E-state index contributed by atoms with van der Waals surface area (Å²) in [6, 6.07) is 3.27. The van der Waals surface area contributed by atoms with Crippen LogP contribution in [0.5, 0.6) is 11.5 Å². The predicted octanol–water partition coefficient (Wildman–Crippen LogP) is 2.11. The Morgan fingerprint density at radius 1 is 1.05 bits per heavy atom. The summed E-state index contributed by atoms with van der Waals surface area (Å²) in [6.07, 6.45) is 0.995. The van der Waals surface area contributed by atoms with Crippen LogP contribution in [0.1, 0.15) is 0 Å². The fraction of sp³-hybridized carbons (Fsp3) is 0.286. The highest BCUT2D eigenvalue weighted by Crippen LogP contribution is 2.36. The third-order valence-corrected chi connectivity index (χ3v) is 3.27. The molecular formula is C14H16BrNO6. The predicted molar refractivity (Wildman–Crippen MR) is 83.0 cm³/mol. The van der Waals surface area contributed by atoms with Gasteiger partial charge in [0.05, 0.1) is 40.2 Å². The zero-order chi connectivity index (χ0) is 16.7. The number of carbonyl (C=O) groups excluding carboxylic acids is 2. The molecule has 0 heterocycles. The Hall–Kier alpha value is -2.22. The number of carbonyl (C=O) groups is 2. The Kier molecular flexibility index (Phi) is 6.71. The van der Waals surface area contributed by atoms with Gasteiger partial charge in [-0.25, -0.2) is 9.59 Å². The molecule has 1 rings (SSSR count). The molecular weight excluding hydrogens is 358 g/mol. The van der Waals surface area contributed by atoms with E-state index < -0.39 is 11.9 Å². The van der Waals surface area contributed by atoms with Gasteiger partial charge in [0.15, 0.2) is 11.5 Å². The fourth-order valence-corrected chi connectivity index (χ4v) is 1.95. The van der Waals surface area contributed by atoms with Crippen LogP contribution in [0, 0.1) is 0 Å². The molecule has 1 N–H and O–H groups in total. The van der Waals surface area contributed by atoms with Gasteiger partial charge in [0.1, 0.15) is 5.70 Å². The van der Waals surface area contributed by atoms with Crippen molar-refractivity contribution in [2.75, 3.05) is 33.8 Å². The highest BCUT2D eigenvalue weighted by molar-refractivity contribution is 9.10. The van der Waals surface area contributed by atoms with Crippen molar-refractivity contribution in [3.8, 4) is 11.5 Å². The van der Waals surface area contributed by atoms with E-state index in [1.165, 1.54) is 28.4 Å². The quantitative estimate of drug-likeness (QED) is 0.603. The van der Waals surface area contributed by atoms with Gasteiger partial charge in [-0.2, -0.15) is 0 Å². The van der Waals surface area contributed by atoms with E-state index in [2.05, 4.69) is 30.7 Å². The molecule has 0 aliphatic heterocycles. The number of esters is 2. The normalized spacial score (nSPS) is 10.7. The van der Waals surface area contributed by atoms with Gasteiger partial charge >= 0.3 is 11.9 Å². The van der Waals surface area contributed by atoms with Gasteiger partial charge in [0, 0.05) is 16.6 Å². The zero-order valence-corrected chi connectivity index (χ0v) is 14.1. The first-order valence-electron chi connectivity index (χ1n) is 6.03. The van der Waals surface area contributed by atoms with Crippen molar-refractivity contribution in [2.45, 2.75) is 0 Å². The Labute approximate surface area is 136 Å². The molecule has 0 saturated heterocycles. The molecule has 0 aromatic heterocycles. The summed E-state index contributed by atoms with van der Waals surface area (Å²) in [5.41, 5.74) is 0.403. The lowest BCUT2D eigenvalue weighted by atomic mass is 10.2. The molecule has 1 aromatic carbocycles. The Bertz CT molecular complexity index is 599. The summed E-state index contributed by atoms with van der Waals surface area (Å²) >= 11 is 3.34. The van der Waals surface area contributed by atoms with Gasteiger partial charge in [-0.1, -0.05) is 0 Å². The molecule has 0 radical (unpaired) electrons. The van der Waals surface area contributed by atoms with E-state index in [9.17, 15) is 9.59 Å². The van der Waals surface area contributed by atoms with Crippen LogP contribution in [0.25, 0.3) is 0 Å². The first-order valence-corrected chi connectivity index (χ1v) is 6.82. The second kappa shape index (κ2) is 8.28. The average Bonchev–Trinajstić information content (AvgIpc) is 2.54. The third kappa shape index (κ3) is 4.39. The van der Waals surface area contributed by atoms with Crippen LogP contribution < -0.4 is 14.8 Å². The van der Waals surface area contributed by atoms with E-state index in [1.54, 1.807) is 12.1 Å². The summed E-state index contributed by atoms with van der Waals surface area (Å²) in [5.74, 6) is -0.441. The maximum atomic E-state index is 11.7. The number of ether oxygens (including phenoxy) is 4. The average molecular weight is 374 g/mol. The maximum Gasteiger partial charge on any atom is 0.354 e. The minimum atomic E-state index is -0.716. The van der Waals surface area contributed by atoms with Crippen molar-refractivity contribution in [2.24, 2.45) is 0 Å². The Balaban J connectivity index is 3.21. The summed E-state index contributed by atoms with van der Waals surface area (Å²) in [6.45, 7) is 0. The highest BCUT2D eigenvalue weighted by Gasteiger charge is 2.16. The lowest BCUT2D eigenvalue weighted by molar-refractivity contribution is -0.138. The molecule has 0 aliphatic rings. The monoisotopic (exact) mass is 373 g/mol. The Morgan fingerprint density at radius 2 is 1.64 bits per heavy atom. The summed E-state index contributed by atoms with van der Waals surface area (Å²) in [4.78, 5) is 23.1. The maximum absolute atomic E-state index is 11.7. The SMILES string of the molecule is COC(=O)/C=C(/Nc1cc(OC)c(OC)cc1Br)C(=O)OC. The minimum absolute atomic E-state index is 0.0812. The number of benzene rings is 1. The molecule has 0 fully saturated rings. The van der Waals surface area contributed by atoms with E-state index in [-0.39, 0.29) is 5.70 Å². The van der Waals surface area contributed by atoms with Crippen molar-refractivity contribution in [3.63, 3.8) is 0 Å². The molecule has 0 unspecified atom stereocenters. The van der Waals surface area contributed by atoms with Crippen LogP contribution in [0.15, 0.2) is 28.4 Å². The number of halogens is 1. The summed E-state index contributed by atoms with van der Waals surface area (Å²) in [5, 5.41) is 2.79. The number of hydrogen-bond donors (Lipinski definition) is 1. The van der Waals surface area contributed by atoms with Crippen LogP contribution in [0.4, 0.5) is 5.69 Å². The van der Waals surface area contributed by atoms with Gasteiger partial charge in [-0.15, -0.1) is 0 Å². The van der Waals surface area contributed by atoms with Crippen molar-refractivity contribution < 1.29 is 28.5 Å². The fourth-order valence-electron chi connectivity index (χ4n) is 1.53. The molecule has 7 nitrogen and oxygen atoms in total. The molecule has 0 bridgehead atoms. The van der Waals surface area contributed by atoms with Crippen molar-refractivity contribution in [3.05, 3.63) is 28.4 Å².